The number of hydrogen-bond acceptors (Lipinski definition) is 2. The highest BCUT2D eigenvalue weighted by Gasteiger charge is 2.52. The van der Waals surface area contributed by atoms with E-state index in [4.69, 9.17) is 0 Å². The molecule has 1 spiro atoms. The first-order valence-electron chi connectivity index (χ1n) is 6.19. The predicted octanol–water partition coefficient (Wildman–Crippen LogP) is 1.34. The molecule has 2 saturated heterocycles. The quantitative estimate of drug-likeness (QED) is 0.699. The number of carbonyl (C=O) groups is 1. The first kappa shape index (κ1) is 10.9. The molecule has 0 aromatic rings. The van der Waals surface area contributed by atoms with E-state index in [1.54, 1.807) is 0 Å². The fourth-order valence-corrected chi connectivity index (χ4v) is 2.89. The van der Waals surface area contributed by atoms with Gasteiger partial charge in [-0.3, -0.25) is 4.79 Å². The molecule has 2 fully saturated rings. The third-order valence-electron chi connectivity index (χ3n) is 3.53. The Morgan fingerprint density at radius 1 is 1.13 bits per heavy atom. The number of carbonyl (C=O) groups excluding carboxylic acids is 1. The van der Waals surface area contributed by atoms with E-state index >= 15 is 0 Å². The molecule has 1 amide bonds. The van der Waals surface area contributed by atoms with Crippen LogP contribution in [-0.2, 0) is 4.79 Å². The van der Waals surface area contributed by atoms with E-state index in [1.807, 2.05) is 4.90 Å². The van der Waals surface area contributed by atoms with Gasteiger partial charge in [-0.2, -0.15) is 0 Å². The fourth-order valence-electron chi connectivity index (χ4n) is 2.89. The SMILES string of the molecule is CCCC(=O)N1CC2(CN(CCC)C2)C1. The number of hydrogen-bond donors (Lipinski definition) is 0. The average Bonchev–Trinajstić information content (AvgIpc) is 2.07. The van der Waals surface area contributed by atoms with Crippen molar-refractivity contribution in [3.8, 4) is 0 Å². The Balaban J connectivity index is 1.68. The molecule has 86 valence electrons. The summed E-state index contributed by atoms with van der Waals surface area (Å²) in [4.78, 5) is 16.1. The Morgan fingerprint density at radius 3 is 2.33 bits per heavy atom. The van der Waals surface area contributed by atoms with Gasteiger partial charge in [0, 0.05) is 38.0 Å². The van der Waals surface area contributed by atoms with E-state index in [2.05, 4.69) is 18.7 Å². The van der Waals surface area contributed by atoms with Crippen LogP contribution in [0.1, 0.15) is 33.1 Å². The molecule has 2 heterocycles. The van der Waals surface area contributed by atoms with Gasteiger partial charge in [0.1, 0.15) is 0 Å². The number of likely N-dealkylation sites (tertiary alicyclic amines) is 2. The number of amides is 1. The fraction of sp³-hybridized carbons (Fsp3) is 0.917. The lowest BCUT2D eigenvalue weighted by atomic mass is 9.72. The van der Waals surface area contributed by atoms with Crippen molar-refractivity contribution in [1.82, 2.24) is 9.80 Å². The summed E-state index contributed by atoms with van der Waals surface area (Å²) in [6.07, 6.45) is 2.95. The Kier molecular flexibility index (Phi) is 3.01. The molecule has 3 nitrogen and oxygen atoms in total. The monoisotopic (exact) mass is 210 g/mol. The van der Waals surface area contributed by atoms with Crippen LogP contribution in [0, 0.1) is 5.41 Å². The minimum absolute atomic E-state index is 0.358. The molecule has 0 aromatic heterocycles. The highest BCUT2D eigenvalue weighted by molar-refractivity contribution is 5.77. The van der Waals surface area contributed by atoms with E-state index < -0.39 is 0 Å². The highest BCUT2D eigenvalue weighted by atomic mass is 16.2. The lowest BCUT2D eigenvalue weighted by Crippen LogP contribution is -2.72. The van der Waals surface area contributed by atoms with Crippen LogP contribution in [0.4, 0.5) is 0 Å². The second-order valence-corrected chi connectivity index (χ2v) is 5.21. The normalized spacial score (nSPS) is 23.7. The molecular formula is C12H22N2O. The first-order valence-corrected chi connectivity index (χ1v) is 6.19. The second kappa shape index (κ2) is 4.12. The zero-order valence-corrected chi connectivity index (χ0v) is 9.96. The molecule has 2 aliphatic heterocycles. The van der Waals surface area contributed by atoms with E-state index in [1.165, 1.54) is 26.1 Å². The topological polar surface area (TPSA) is 23.6 Å². The molecule has 0 N–H and O–H groups in total. The summed E-state index contributed by atoms with van der Waals surface area (Å²) >= 11 is 0. The van der Waals surface area contributed by atoms with Crippen molar-refractivity contribution in [2.75, 3.05) is 32.7 Å². The van der Waals surface area contributed by atoms with Gasteiger partial charge in [-0.15, -0.1) is 0 Å². The van der Waals surface area contributed by atoms with Gasteiger partial charge in [0.2, 0.25) is 5.91 Å². The van der Waals surface area contributed by atoms with Gasteiger partial charge in [0.05, 0.1) is 0 Å². The molecule has 0 unspecified atom stereocenters. The third kappa shape index (κ3) is 2.03. The predicted molar refractivity (Wildman–Crippen MR) is 60.7 cm³/mol. The van der Waals surface area contributed by atoms with Crippen molar-refractivity contribution in [3.05, 3.63) is 0 Å². The standard InChI is InChI=1S/C12H22N2O/c1-3-5-11(15)14-9-12(10-14)7-13(8-12)6-4-2/h3-10H2,1-2H3. The van der Waals surface area contributed by atoms with Gasteiger partial charge in [-0.25, -0.2) is 0 Å². The number of nitrogens with zero attached hydrogens (tertiary/aromatic N) is 2. The number of rotatable bonds is 4. The minimum atomic E-state index is 0.358. The van der Waals surface area contributed by atoms with Crippen molar-refractivity contribution in [1.29, 1.82) is 0 Å². The Hall–Kier alpha value is -0.570. The van der Waals surface area contributed by atoms with Crippen LogP contribution in [0.3, 0.4) is 0 Å². The Labute approximate surface area is 92.4 Å². The summed E-state index contributed by atoms with van der Waals surface area (Å²) in [5.74, 6) is 0.358. The summed E-state index contributed by atoms with van der Waals surface area (Å²) in [5.41, 5.74) is 0.499. The van der Waals surface area contributed by atoms with Crippen LogP contribution in [0.15, 0.2) is 0 Å². The van der Waals surface area contributed by atoms with E-state index in [9.17, 15) is 4.79 Å². The van der Waals surface area contributed by atoms with Gasteiger partial charge in [0.25, 0.3) is 0 Å². The molecule has 0 atom stereocenters. The summed E-state index contributed by atoms with van der Waals surface area (Å²) < 4.78 is 0. The van der Waals surface area contributed by atoms with Gasteiger partial charge < -0.3 is 9.80 Å². The Bertz CT molecular complexity index is 238. The smallest absolute Gasteiger partial charge is 0.222 e. The molecule has 15 heavy (non-hydrogen) atoms. The van der Waals surface area contributed by atoms with E-state index in [-0.39, 0.29) is 0 Å². The summed E-state index contributed by atoms with van der Waals surface area (Å²) in [6.45, 7) is 10.00. The van der Waals surface area contributed by atoms with Crippen LogP contribution < -0.4 is 0 Å². The van der Waals surface area contributed by atoms with Crippen molar-refractivity contribution < 1.29 is 4.79 Å². The second-order valence-electron chi connectivity index (χ2n) is 5.21. The summed E-state index contributed by atoms with van der Waals surface area (Å²) in [7, 11) is 0. The van der Waals surface area contributed by atoms with Gasteiger partial charge in [-0.1, -0.05) is 13.8 Å². The molecule has 3 heteroatoms. The molecule has 0 aliphatic carbocycles. The largest absolute Gasteiger partial charge is 0.341 e. The molecule has 0 saturated carbocycles. The summed E-state index contributed by atoms with van der Waals surface area (Å²) in [6, 6.07) is 0. The van der Waals surface area contributed by atoms with Crippen molar-refractivity contribution in [2.24, 2.45) is 5.41 Å². The molecule has 0 bridgehead atoms. The van der Waals surface area contributed by atoms with Crippen LogP contribution in [0.2, 0.25) is 0 Å². The Morgan fingerprint density at radius 2 is 1.80 bits per heavy atom. The van der Waals surface area contributed by atoms with Gasteiger partial charge >= 0.3 is 0 Å². The van der Waals surface area contributed by atoms with Crippen LogP contribution in [-0.4, -0.2) is 48.4 Å². The summed E-state index contributed by atoms with van der Waals surface area (Å²) in [5, 5.41) is 0. The highest BCUT2D eigenvalue weighted by Crippen LogP contribution is 2.39. The zero-order valence-electron chi connectivity index (χ0n) is 9.96. The van der Waals surface area contributed by atoms with E-state index in [0.717, 1.165) is 25.9 Å². The maximum Gasteiger partial charge on any atom is 0.222 e. The van der Waals surface area contributed by atoms with Gasteiger partial charge in [0.15, 0.2) is 0 Å². The zero-order chi connectivity index (χ0) is 10.9. The molecule has 0 aromatic carbocycles. The maximum absolute atomic E-state index is 11.6. The van der Waals surface area contributed by atoms with Crippen LogP contribution in [0.5, 0.6) is 0 Å². The average molecular weight is 210 g/mol. The van der Waals surface area contributed by atoms with E-state index in [0.29, 0.717) is 11.3 Å². The van der Waals surface area contributed by atoms with Crippen LogP contribution in [0.25, 0.3) is 0 Å². The maximum atomic E-state index is 11.6. The van der Waals surface area contributed by atoms with Gasteiger partial charge in [-0.05, 0) is 19.4 Å². The minimum Gasteiger partial charge on any atom is -0.341 e. The lowest BCUT2D eigenvalue weighted by Gasteiger charge is -2.60. The molecule has 2 rings (SSSR count). The third-order valence-corrected chi connectivity index (χ3v) is 3.53. The molecule has 0 radical (unpaired) electrons. The first-order chi connectivity index (χ1) is 7.19. The molecular weight excluding hydrogens is 188 g/mol. The van der Waals surface area contributed by atoms with Crippen LogP contribution >= 0.6 is 0 Å². The molecule has 2 aliphatic rings. The lowest BCUT2D eigenvalue weighted by molar-refractivity contribution is -0.158. The van der Waals surface area contributed by atoms with Crippen molar-refractivity contribution in [2.45, 2.75) is 33.1 Å². The van der Waals surface area contributed by atoms with Crippen molar-refractivity contribution in [3.63, 3.8) is 0 Å². The van der Waals surface area contributed by atoms with Crippen molar-refractivity contribution >= 4 is 5.91 Å².